The summed E-state index contributed by atoms with van der Waals surface area (Å²) >= 11 is 4.35. The van der Waals surface area contributed by atoms with E-state index in [4.69, 9.17) is 19.0 Å². The first-order valence-electron chi connectivity index (χ1n) is 6.26. The van der Waals surface area contributed by atoms with Crippen molar-refractivity contribution in [1.82, 2.24) is 14.5 Å². The lowest BCUT2D eigenvalue weighted by atomic mass is 10.2. The quantitative estimate of drug-likeness (QED) is 0.623. The summed E-state index contributed by atoms with van der Waals surface area (Å²) < 4.78 is 25.1. The molecule has 0 fully saturated rings. The number of nitrogens with zero attached hydrogens (tertiary/aromatic N) is 2. The number of fused-ring (bicyclic) bond motifs is 1. The number of hydrogen-bond donors (Lipinski definition) is 3. The Morgan fingerprint density at radius 2 is 2.32 bits per heavy atom. The number of rotatable bonds is 7. The SMILES string of the molecule is COC(CCn1cc(F)c2c(=O)[nH]cnc21)COP(O)(O)=S. The summed E-state index contributed by atoms with van der Waals surface area (Å²) in [5.41, 5.74) is -0.319. The van der Waals surface area contributed by atoms with Gasteiger partial charge in [-0.1, -0.05) is 0 Å². The molecule has 0 radical (unpaired) electrons. The largest absolute Gasteiger partial charge is 0.379 e. The molecule has 2 aromatic rings. The molecule has 2 aromatic heterocycles. The zero-order valence-corrected chi connectivity index (χ0v) is 13.3. The predicted octanol–water partition coefficient (Wildman–Crippen LogP) is 0.494. The number of aromatic amines is 1. The van der Waals surface area contributed by atoms with E-state index >= 15 is 0 Å². The fourth-order valence-corrected chi connectivity index (χ4v) is 2.53. The summed E-state index contributed by atoms with van der Waals surface area (Å²) in [4.78, 5) is 35.9. The molecule has 8 nitrogen and oxygen atoms in total. The van der Waals surface area contributed by atoms with Gasteiger partial charge in [0.1, 0.15) is 11.0 Å². The fraction of sp³-hybridized carbons (Fsp3) is 0.455. The smallest absolute Gasteiger partial charge is 0.321 e. The van der Waals surface area contributed by atoms with Gasteiger partial charge in [-0.3, -0.25) is 4.79 Å². The fourth-order valence-electron chi connectivity index (χ4n) is 1.99. The number of halogens is 1. The molecular weight excluding hydrogens is 336 g/mol. The first-order chi connectivity index (χ1) is 10.3. The Kier molecular flexibility index (Phi) is 5.43. The van der Waals surface area contributed by atoms with Crippen molar-refractivity contribution in [3.8, 4) is 0 Å². The van der Waals surface area contributed by atoms with E-state index in [0.29, 0.717) is 13.0 Å². The highest BCUT2D eigenvalue weighted by Crippen LogP contribution is 2.36. The highest BCUT2D eigenvalue weighted by molar-refractivity contribution is 8.06. The van der Waals surface area contributed by atoms with Gasteiger partial charge in [0.2, 0.25) is 0 Å². The van der Waals surface area contributed by atoms with E-state index in [-0.39, 0.29) is 17.6 Å². The maximum absolute atomic E-state index is 13.8. The van der Waals surface area contributed by atoms with Crippen molar-refractivity contribution in [2.24, 2.45) is 0 Å². The number of ether oxygens (including phenoxy) is 1. The molecule has 0 saturated carbocycles. The van der Waals surface area contributed by atoms with Crippen LogP contribution in [-0.4, -0.2) is 44.1 Å². The maximum Gasteiger partial charge on any atom is 0.321 e. The van der Waals surface area contributed by atoms with Gasteiger partial charge in [0, 0.05) is 19.9 Å². The molecule has 1 atom stereocenters. The van der Waals surface area contributed by atoms with Crippen LogP contribution in [-0.2, 0) is 27.6 Å². The van der Waals surface area contributed by atoms with E-state index in [9.17, 15) is 9.18 Å². The Bertz CT molecular complexity index is 758. The van der Waals surface area contributed by atoms with E-state index < -0.39 is 24.2 Å². The van der Waals surface area contributed by atoms with Crippen LogP contribution in [0.5, 0.6) is 0 Å². The minimum atomic E-state index is -3.74. The Morgan fingerprint density at radius 3 is 2.95 bits per heavy atom. The Hall–Kier alpha value is -1.16. The highest BCUT2D eigenvalue weighted by Gasteiger charge is 2.17. The summed E-state index contributed by atoms with van der Waals surface area (Å²) in [5.74, 6) is -0.657. The number of H-pyrrole nitrogens is 1. The summed E-state index contributed by atoms with van der Waals surface area (Å²) in [6, 6.07) is 0. The van der Waals surface area contributed by atoms with Crippen molar-refractivity contribution in [3.63, 3.8) is 0 Å². The van der Waals surface area contributed by atoms with E-state index in [1.165, 1.54) is 24.2 Å². The van der Waals surface area contributed by atoms with Gasteiger partial charge in [0.25, 0.3) is 5.56 Å². The zero-order chi connectivity index (χ0) is 16.3. The third kappa shape index (κ3) is 4.19. The van der Waals surface area contributed by atoms with Crippen molar-refractivity contribution in [2.75, 3.05) is 13.7 Å². The minimum absolute atomic E-state index is 0.101. The molecule has 0 saturated heterocycles. The number of methoxy groups -OCH3 is 1. The van der Waals surface area contributed by atoms with Crippen molar-refractivity contribution < 1.29 is 23.4 Å². The van der Waals surface area contributed by atoms with Crippen LogP contribution in [0.1, 0.15) is 6.42 Å². The van der Waals surface area contributed by atoms with Crippen LogP contribution >= 0.6 is 6.72 Å². The minimum Gasteiger partial charge on any atom is -0.379 e. The second-order valence-corrected chi connectivity index (χ2v) is 7.20. The van der Waals surface area contributed by atoms with Gasteiger partial charge in [-0.25, -0.2) is 9.37 Å². The molecule has 2 rings (SSSR count). The van der Waals surface area contributed by atoms with Crippen molar-refractivity contribution in [1.29, 1.82) is 0 Å². The molecule has 11 heteroatoms. The van der Waals surface area contributed by atoms with Gasteiger partial charge >= 0.3 is 6.72 Å². The van der Waals surface area contributed by atoms with Gasteiger partial charge in [0.15, 0.2) is 5.82 Å². The average molecular weight is 351 g/mol. The summed E-state index contributed by atoms with van der Waals surface area (Å²) in [5, 5.41) is -0.103. The number of aryl methyl sites for hydroxylation is 1. The Balaban J connectivity index is 2.09. The van der Waals surface area contributed by atoms with Gasteiger partial charge in [0.05, 0.1) is 19.0 Å². The first-order valence-corrected chi connectivity index (χ1v) is 8.89. The monoisotopic (exact) mass is 351 g/mol. The molecule has 22 heavy (non-hydrogen) atoms. The molecule has 0 aromatic carbocycles. The maximum atomic E-state index is 13.8. The molecule has 122 valence electrons. The van der Waals surface area contributed by atoms with Crippen molar-refractivity contribution in [3.05, 3.63) is 28.7 Å². The van der Waals surface area contributed by atoms with E-state index in [2.05, 4.69) is 21.8 Å². The number of hydrogen-bond acceptors (Lipinski definition) is 5. The van der Waals surface area contributed by atoms with Crippen LogP contribution < -0.4 is 5.56 Å². The van der Waals surface area contributed by atoms with E-state index in [0.717, 1.165) is 0 Å². The molecule has 2 heterocycles. The van der Waals surface area contributed by atoms with Gasteiger partial charge in [-0.2, -0.15) is 0 Å². The normalized spacial score (nSPS) is 13.6. The summed E-state index contributed by atoms with van der Waals surface area (Å²) in [7, 11) is 1.43. The number of nitrogens with one attached hydrogen (secondary N) is 1. The Labute approximate surface area is 129 Å². The predicted molar refractivity (Wildman–Crippen MR) is 80.4 cm³/mol. The van der Waals surface area contributed by atoms with Crippen LogP contribution in [0.3, 0.4) is 0 Å². The molecule has 0 aliphatic carbocycles. The average Bonchev–Trinajstić information content (AvgIpc) is 2.76. The van der Waals surface area contributed by atoms with Crippen LogP contribution in [0.2, 0.25) is 0 Å². The van der Waals surface area contributed by atoms with E-state index in [1.807, 2.05) is 0 Å². The standard InChI is InChI=1S/C11H15FN3O5PS/c1-19-7(5-20-21(17,18)22)2-3-15-4-8(12)9-10(15)13-6-14-11(9)16/h4,6-7H,2-3,5H2,1H3,(H,13,14,16)(H2,17,18,22). The van der Waals surface area contributed by atoms with Gasteiger partial charge in [-0.15, -0.1) is 0 Å². The van der Waals surface area contributed by atoms with E-state index in [1.54, 1.807) is 0 Å². The molecule has 0 amide bonds. The molecule has 0 bridgehead atoms. The van der Waals surface area contributed by atoms with Crippen LogP contribution in [0.15, 0.2) is 17.3 Å². The molecule has 0 aliphatic rings. The molecule has 3 N–H and O–H groups in total. The lowest BCUT2D eigenvalue weighted by Crippen LogP contribution is -2.20. The summed E-state index contributed by atoms with van der Waals surface area (Å²) in [6.07, 6.45) is 2.29. The molecule has 0 aliphatic heterocycles. The van der Waals surface area contributed by atoms with Gasteiger partial charge in [-0.05, 0) is 18.2 Å². The lowest BCUT2D eigenvalue weighted by Gasteiger charge is -2.17. The van der Waals surface area contributed by atoms with Crippen molar-refractivity contribution >= 4 is 29.6 Å². The molecule has 0 spiro atoms. The second-order valence-electron chi connectivity index (χ2n) is 4.53. The lowest BCUT2D eigenvalue weighted by molar-refractivity contribution is 0.0444. The van der Waals surface area contributed by atoms with Gasteiger partial charge < -0.3 is 28.6 Å². The van der Waals surface area contributed by atoms with Crippen LogP contribution in [0, 0.1) is 5.82 Å². The second kappa shape index (κ2) is 6.95. The number of aromatic nitrogens is 3. The topological polar surface area (TPSA) is 110 Å². The zero-order valence-electron chi connectivity index (χ0n) is 11.6. The van der Waals surface area contributed by atoms with Crippen LogP contribution in [0.25, 0.3) is 11.0 Å². The molecular formula is C11H15FN3O5PS. The third-order valence-electron chi connectivity index (χ3n) is 3.07. The Morgan fingerprint density at radius 1 is 1.59 bits per heavy atom. The summed E-state index contributed by atoms with van der Waals surface area (Å²) in [6.45, 7) is -3.54. The third-order valence-corrected chi connectivity index (χ3v) is 3.87. The van der Waals surface area contributed by atoms with Crippen LogP contribution in [0.4, 0.5) is 4.39 Å². The highest BCUT2D eigenvalue weighted by atomic mass is 32.5. The van der Waals surface area contributed by atoms with Crippen molar-refractivity contribution in [2.45, 2.75) is 19.1 Å². The molecule has 1 unspecified atom stereocenters. The first kappa shape index (κ1) is 17.2.